The number of rotatable bonds is 17. The van der Waals surface area contributed by atoms with Crippen molar-refractivity contribution in [2.75, 3.05) is 60.1 Å². The van der Waals surface area contributed by atoms with Crippen LogP contribution in [0.5, 0.6) is 0 Å². The van der Waals surface area contributed by atoms with Crippen LogP contribution in [-0.2, 0) is 36.6 Å². The van der Waals surface area contributed by atoms with Gasteiger partial charge in [0.15, 0.2) is 11.6 Å². The zero-order valence-electron chi connectivity index (χ0n) is 32.2. The van der Waals surface area contributed by atoms with E-state index < -0.39 is 46.8 Å². The van der Waals surface area contributed by atoms with Gasteiger partial charge in [-0.1, -0.05) is 27.7 Å². The Bertz CT molecular complexity index is 1630. The minimum absolute atomic E-state index is 0.0767. The predicted molar refractivity (Wildman–Crippen MR) is 194 cm³/mol. The van der Waals surface area contributed by atoms with Crippen LogP contribution in [0.25, 0.3) is 0 Å². The van der Waals surface area contributed by atoms with Gasteiger partial charge >= 0.3 is 11.9 Å². The molecule has 2 fully saturated rings. The lowest BCUT2D eigenvalue weighted by molar-refractivity contribution is -0.148. The van der Waals surface area contributed by atoms with Crippen LogP contribution in [0.1, 0.15) is 81.8 Å². The van der Waals surface area contributed by atoms with E-state index in [1.54, 1.807) is 41.2 Å². The van der Waals surface area contributed by atoms with Gasteiger partial charge in [0.1, 0.15) is 12.1 Å². The first-order valence-corrected chi connectivity index (χ1v) is 18.2. The number of carboxylic acids is 1. The fourth-order valence-corrected chi connectivity index (χ4v) is 6.50. The third-order valence-corrected chi connectivity index (χ3v) is 9.87. The summed E-state index contributed by atoms with van der Waals surface area (Å²) in [6.07, 6.45) is 5.53. The molecule has 4 heterocycles. The molecule has 2 aliphatic rings. The maximum absolute atomic E-state index is 14.6. The highest BCUT2D eigenvalue weighted by atomic mass is 19.1. The van der Waals surface area contributed by atoms with Crippen LogP contribution in [0.15, 0.2) is 22.0 Å². The van der Waals surface area contributed by atoms with Crippen LogP contribution in [0, 0.1) is 37.3 Å². The molecule has 0 spiro atoms. The lowest BCUT2D eigenvalue weighted by Crippen LogP contribution is -2.52. The second-order valence-corrected chi connectivity index (χ2v) is 14.7. The van der Waals surface area contributed by atoms with E-state index in [4.69, 9.17) is 14.2 Å². The van der Waals surface area contributed by atoms with Crippen LogP contribution in [-0.4, -0.2) is 108 Å². The van der Waals surface area contributed by atoms with Gasteiger partial charge in [-0.25, -0.2) is 18.4 Å². The molecule has 292 valence electrons. The number of nitrogens with zero attached hydrogens (tertiary/aromatic N) is 4. The van der Waals surface area contributed by atoms with Crippen LogP contribution >= 0.6 is 0 Å². The molecule has 52 heavy (non-hydrogen) atoms. The van der Waals surface area contributed by atoms with E-state index in [1.165, 1.54) is 10.8 Å². The third-order valence-electron chi connectivity index (χ3n) is 9.87. The maximum Gasteiger partial charge on any atom is 0.329 e. The molecule has 2 saturated heterocycles. The summed E-state index contributed by atoms with van der Waals surface area (Å²) in [7, 11) is 3.37. The van der Waals surface area contributed by atoms with E-state index in [2.05, 4.69) is 9.80 Å². The molecule has 2 unspecified atom stereocenters. The third kappa shape index (κ3) is 11.0. The van der Waals surface area contributed by atoms with E-state index in [0.717, 1.165) is 49.4 Å². The molecular weight excluding hydrogens is 678 g/mol. The first-order valence-electron chi connectivity index (χ1n) is 18.2. The summed E-state index contributed by atoms with van der Waals surface area (Å²) in [4.78, 5) is 53.2. The maximum atomic E-state index is 14.6. The zero-order chi connectivity index (χ0) is 38.9. The summed E-state index contributed by atoms with van der Waals surface area (Å²) in [5.41, 5.74) is 0.445. The van der Waals surface area contributed by atoms with Crippen molar-refractivity contribution in [3.63, 3.8) is 0 Å². The summed E-state index contributed by atoms with van der Waals surface area (Å²) < 4.78 is 46.9. The molecule has 4 rings (SSSR count). The number of methoxy groups -OCH3 is 2. The summed E-state index contributed by atoms with van der Waals surface area (Å²) in [6, 6.07) is -1.86. The summed E-state index contributed by atoms with van der Waals surface area (Å²) in [5.74, 6) is -3.02. The number of hydrogen-bond donors (Lipinski definition) is 1. The van der Waals surface area contributed by atoms with E-state index in [1.807, 2.05) is 27.7 Å². The summed E-state index contributed by atoms with van der Waals surface area (Å²) in [6.45, 7) is 17.7. The highest BCUT2D eigenvalue weighted by molar-refractivity contribution is 5.74. The zero-order valence-corrected chi connectivity index (χ0v) is 32.2. The number of likely N-dealkylation sites (tertiary alicyclic amines) is 2. The molecular formula is C38H58F2N4O8. The molecule has 0 aromatic carbocycles. The van der Waals surface area contributed by atoms with Gasteiger partial charge in [0.05, 0.1) is 18.8 Å². The number of aliphatic carboxylic acids is 1. The van der Waals surface area contributed by atoms with Gasteiger partial charge in [0, 0.05) is 65.9 Å². The van der Waals surface area contributed by atoms with Gasteiger partial charge in [0.25, 0.3) is 11.1 Å². The van der Waals surface area contributed by atoms with Crippen molar-refractivity contribution in [1.29, 1.82) is 0 Å². The van der Waals surface area contributed by atoms with Crippen molar-refractivity contribution in [2.24, 2.45) is 11.8 Å². The van der Waals surface area contributed by atoms with Gasteiger partial charge in [-0.15, -0.1) is 0 Å². The number of hydrogen-bond acceptors (Lipinski definition) is 9. The standard InChI is InChI=1S/C20H31FN2O4.C18H27FN2O4/c1-6-27-20(25)17(9-13(2)3)23-10-15(14(4)18(21)19(23)24)7-8-22-11-16(12-22)26-5;1-11(2)7-15(18(23)24)21-8-13(12(3)16(19)17(21)22)5-6-20-9-14(10-20)25-4/h10,13,16-17H,6-9,11-12H2,1-5H3;8,11,14-15H,5-7,9-10H2,1-4H3,(H,23,24). The largest absolute Gasteiger partial charge is 0.480 e. The lowest BCUT2D eigenvalue weighted by atomic mass is 10.0. The number of carboxylic acid groups (broad SMARTS) is 1. The molecule has 2 aromatic heterocycles. The molecule has 0 bridgehead atoms. The SMILES string of the molecule is CCOC(=O)C(CC(C)C)n1cc(CCN2CC(OC)C2)c(C)c(F)c1=O.COC1CN(CCc2cn(C(CC(C)C)C(=O)O)c(=O)c(F)c2C)C1. The van der Waals surface area contributed by atoms with Crippen LogP contribution < -0.4 is 11.1 Å². The molecule has 0 aliphatic carbocycles. The Hall–Kier alpha value is -3.46. The number of pyridine rings is 2. The Kier molecular flexibility index (Phi) is 16.2. The Morgan fingerprint density at radius 2 is 1.15 bits per heavy atom. The number of carbonyl (C=O) groups excluding carboxylic acids is 1. The Morgan fingerprint density at radius 1 is 0.769 bits per heavy atom. The Balaban J connectivity index is 0.000000281. The lowest BCUT2D eigenvalue weighted by Gasteiger charge is -2.38. The predicted octanol–water partition coefficient (Wildman–Crippen LogP) is 4.16. The van der Waals surface area contributed by atoms with Crippen molar-refractivity contribution in [3.05, 3.63) is 67.0 Å². The fraction of sp³-hybridized carbons (Fsp3) is 0.684. The van der Waals surface area contributed by atoms with E-state index in [-0.39, 0.29) is 37.1 Å². The summed E-state index contributed by atoms with van der Waals surface area (Å²) in [5, 5.41) is 9.47. The Labute approximate surface area is 305 Å². The number of esters is 1. The highest BCUT2D eigenvalue weighted by Crippen LogP contribution is 2.23. The van der Waals surface area contributed by atoms with Crippen molar-refractivity contribution < 1.29 is 37.7 Å². The van der Waals surface area contributed by atoms with E-state index in [9.17, 15) is 33.1 Å². The van der Waals surface area contributed by atoms with Crippen LogP contribution in [0.3, 0.4) is 0 Å². The molecule has 12 nitrogen and oxygen atoms in total. The number of halogens is 2. The quantitative estimate of drug-likeness (QED) is 0.236. The molecule has 2 aliphatic heterocycles. The molecule has 0 radical (unpaired) electrons. The molecule has 2 aromatic rings. The summed E-state index contributed by atoms with van der Waals surface area (Å²) >= 11 is 0. The second-order valence-electron chi connectivity index (χ2n) is 14.7. The van der Waals surface area contributed by atoms with Gasteiger partial charge < -0.3 is 19.3 Å². The van der Waals surface area contributed by atoms with Gasteiger partial charge in [-0.3, -0.25) is 28.5 Å². The molecule has 0 amide bonds. The topological polar surface area (TPSA) is 133 Å². The number of carbonyl (C=O) groups is 2. The number of ether oxygens (including phenoxy) is 3. The number of aromatic nitrogens is 2. The molecule has 1 N–H and O–H groups in total. The van der Waals surface area contributed by atoms with Gasteiger partial charge in [-0.05, 0) is 80.5 Å². The smallest absolute Gasteiger partial charge is 0.329 e. The minimum Gasteiger partial charge on any atom is -0.480 e. The van der Waals surface area contributed by atoms with Crippen molar-refractivity contribution >= 4 is 11.9 Å². The van der Waals surface area contributed by atoms with E-state index in [0.29, 0.717) is 36.0 Å². The van der Waals surface area contributed by atoms with Crippen molar-refractivity contribution in [1.82, 2.24) is 18.9 Å². The van der Waals surface area contributed by atoms with Crippen molar-refractivity contribution in [3.8, 4) is 0 Å². The van der Waals surface area contributed by atoms with Crippen LogP contribution in [0.2, 0.25) is 0 Å². The first kappa shape index (κ1) is 42.9. The monoisotopic (exact) mass is 736 g/mol. The molecule has 0 saturated carbocycles. The molecule has 14 heteroatoms. The Morgan fingerprint density at radius 3 is 1.50 bits per heavy atom. The highest BCUT2D eigenvalue weighted by Gasteiger charge is 2.30. The minimum atomic E-state index is -1.12. The average molecular weight is 737 g/mol. The first-order chi connectivity index (χ1) is 24.5. The normalized spacial score (nSPS) is 16.6. The van der Waals surface area contributed by atoms with E-state index >= 15 is 0 Å². The fourth-order valence-electron chi connectivity index (χ4n) is 6.50. The van der Waals surface area contributed by atoms with Crippen molar-refractivity contribution in [2.45, 2.75) is 98.4 Å². The van der Waals surface area contributed by atoms with Gasteiger partial charge in [0.2, 0.25) is 0 Å². The van der Waals surface area contributed by atoms with Gasteiger partial charge in [-0.2, -0.15) is 0 Å². The molecule has 2 atom stereocenters. The average Bonchev–Trinajstić information content (AvgIpc) is 3.05. The van der Waals surface area contributed by atoms with Crippen LogP contribution in [0.4, 0.5) is 8.78 Å². The second kappa shape index (κ2) is 19.6.